The van der Waals surface area contributed by atoms with Gasteiger partial charge in [0.1, 0.15) is 11.5 Å². The predicted octanol–water partition coefficient (Wildman–Crippen LogP) is 7.69. The molecule has 0 saturated carbocycles. The van der Waals surface area contributed by atoms with Crippen LogP contribution in [0.3, 0.4) is 0 Å². The van der Waals surface area contributed by atoms with Crippen molar-refractivity contribution in [2.75, 3.05) is 0 Å². The maximum Gasteiger partial charge on any atom is 0.132 e. The van der Waals surface area contributed by atoms with E-state index in [1.54, 1.807) is 0 Å². The number of ether oxygens (including phenoxy) is 1. The summed E-state index contributed by atoms with van der Waals surface area (Å²) in [5.41, 5.74) is 9.63. The van der Waals surface area contributed by atoms with Crippen molar-refractivity contribution in [1.29, 1.82) is 5.26 Å². The normalized spacial score (nSPS) is 13.7. The molecule has 5 aromatic carbocycles. The summed E-state index contributed by atoms with van der Waals surface area (Å²) in [6.45, 7) is 0. The van der Waals surface area contributed by atoms with Gasteiger partial charge in [-0.15, -0.1) is 0 Å². The van der Waals surface area contributed by atoms with Gasteiger partial charge in [-0.25, -0.2) is 0 Å². The highest BCUT2D eigenvalue weighted by atomic mass is 16.5. The molecule has 2 nitrogen and oxygen atoms in total. The van der Waals surface area contributed by atoms with E-state index in [2.05, 4.69) is 97.1 Å². The van der Waals surface area contributed by atoms with Gasteiger partial charge in [-0.3, -0.25) is 0 Å². The number of para-hydroxylation sites is 1. The van der Waals surface area contributed by atoms with Crippen LogP contribution in [0.1, 0.15) is 27.8 Å². The topological polar surface area (TPSA) is 33.0 Å². The Hall–Kier alpha value is -4.61. The van der Waals surface area contributed by atoms with Crippen LogP contribution in [0, 0.1) is 11.3 Å². The van der Waals surface area contributed by atoms with E-state index in [0.29, 0.717) is 5.56 Å². The Balaban J connectivity index is 1.60. The lowest BCUT2D eigenvalue weighted by Gasteiger charge is -2.39. The molecule has 0 amide bonds. The van der Waals surface area contributed by atoms with Gasteiger partial charge in [0, 0.05) is 11.1 Å². The standard InChI is InChI=1S/C32H19NO/c33-20-21-8-7-9-22(18-21)23-16-17-31-29(19-23)32(28-14-5-6-15-30(28)34-31)26-12-3-1-10-24(26)25-11-2-4-13-27(25)32/h1-19H. The minimum absolute atomic E-state index is 0.472. The van der Waals surface area contributed by atoms with Crippen LogP contribution in [0.15, 0.2) is 115 Å². The molecule has 7 rings (SSSR count). The summed E-state index contributed by atoms with van der Waals surface area (Å²) in [5, 5.41) is 9.43. The van der Waals surface area contributed by atoms with E-state index in [4.69, 9.17) is 4.74 Å². The molecule has 0 N–H and O–H groups in total. The van der Waals surface area contributed by atoms with E-state index in [9.17, 15) is 5.26 Å². The van der Waals surface area contributed by atoms with Crippen LogP contribution >= 0.6 is 0 Å². The lowest BCUT2D eigenvalue weighted by Crippen LogP contribution is -2.32. The molecule has 0 saturated heterocycles. The lowest BCUT2D eigenvalue weighted by molar-refractivity contribution is 0.436. The smallest absolute Gasteiger partial charge is 0.132 e. The van der Waals surface area contributed by atoms with Gasteiger partial charge in [-0.2, -0.15) is 5.26 Å². The molecule has 1 spiro atoms. The number of fused-ring (bicyclic) bond motifs is 9. The maximum absolute atomic E-state index is 9.43. The lowest BCUT2D eigenvalue weighted by atomic mass is 9.66. The highest BCUT2D eigenvalue weighted by Gasteiger charge is 2.50. The van der Waals surface area contributed by atoms with Gasteiger partial charge in [-0.1, -0.05) is 84.9 Å². The van der Waals surface area contributed by atoms with Gasteiger partial charge in [0.25, 0.3) is 0 Å². The van der Waals surface area contributed by atoms with Crippen molar-refractivity contribution < 1.29 is 4.74 Å². The van der Waals surface area contributed by atoms with Gasteiger partial charge < -0.3 is 4.74 Å². The first-order valence-corrected chi connectivity index (χ1v) is 11.4. The quantitative estimate of drug-likeness (QED) is 0.266. The van der Waals surface area contributed by atoms with Crippen molar-refractivity contribution in [3.05, 3.63) is 143 Å². The number of hydrogen-bond acceptors (Lipinski definition) is 2. The van der Waals surface area contributed by atoms with Crippen molar-refractivity contribution in [3.8, 4) is 39.8 Å². The summed E-state index contributed by atoms with van der Waals surface area (Å²) in [7, 11) is 0. The highest BCUT2D eigenvalue weighted by molar-refractivity contribution is 5.89. The van der Waals surface area contributed by atoms with E-state index in [0.717, 1.165) is 33.8 Å². The second-order valence-corrected chi connectivity index (χ2v) is 8.84. The third kappa shape index (κ3) is 2.39. The molecule has 0 unspecified atom stereocenters. The average molecular weight is 434 g/mol. The first kappa shape index (κ1) is 18.9. The first-order valence-electron chi connectivity index (χ1n) is 11.4. The Kier molecular flexibility index (Phi) is 3.86. The summed E-state index contributed by atoms with van der Waals surface area (Å²) in [6.07, 6.45) is 0. The van der Waals surface area contributed by atoms with E-state index in [1.807, 2.05) is 24.3 Å². The number of nitrogens with zero attached hydrogens (tertiary/aromatic N) is 1. The number of benzene rings is 5. The zero-order valence-electron chi connectivity index (χ0n) is 18.3. The van der Waals surface area contributed by atoms with Crippen LogP contribution in [-0.2, 0) is 5.41 Å². The highest BCUT2D eigenvalue weighted by Crippen LogP contribution is 2.62. The van der Waals surface area contributed by atoms with Gasteiger partial charge in [0.15, 0.2) is 0 Å². The molecule has 1 aliphatic heterocycles. The van der Waals surface area contributed by atoms with Crippen LogP contribution in [0.4, 0.5) is 0 Å². The molecule has 1 aliphatic carbocycles. The Morgan fingerprint density at radius 3 is 1.88 bits per heavy atom. The van der Waals surface area contributed by atoms with Crippen molar-refractivity contribution >= 4 is 0 Å². The molecule has 5 aromatic rings. The Morgan fingerprint density at radius 2 is 1.15 bits per heavy atom. The molecule has 0 fully saturated rings. The molecular formula is C32H19NO. The number of rotatable bonds is 1. The molecule has 0 atom stereocenters. The van der Waals surface area contributed by atoms with Crippen LogP contribution in [0.2, 0.25) is 0 Å². The molecule has 0 aromatic heterocycles. The Bertz CT molecular complexity index is 1610. The van der Waals surface area contributed by atoms with Crippen LogP contribution < -0.4 is 4.74 Å². The zero-order chi connectivity index (χ0) is 22.7. The molecule has 2 heteroatoms. The Labute approximate surface area is 198 Å². The molecule has 1 heterocycles. The fourth-order valence-electron chi connectivity index (χ4n) is 5.80. The molecular weight excluding hydrogens is 414 g/mol. The van der Waals surface area contributed by atoms with Gasteiger partial charge in [0.2, 0.25) is 0 Å². The number of nitriles is 1. The molecule has 34 heavy (non-hydrogen) atoms. The summed E-state index contributed by atoms with van der Waals surface area (Å²) in [6, 6.07) is 42.3. The van der Waals surface area contributed by atoms with Crippen LogP contribution in [-0.4, -0.2) is 0 Å². The molecule has 0 radical (unpaired) electrons. The largest absolute Gasteiger partial charge is 0.457 e. The third-order valence-electron chi connectivity index (χ3n) is 7.17. The summed E-state index contributed by atoms with van der Waals surface area (Å²) < 4.78 is 6.48. The average Bonchev–Trinajstić information content (AvgIpc) is 3.20. The first-order chi connectivity index (χ1) is 16.8. The van der Waals surface area contributed by atoms with E-state index >= 15 is 0 Å². The minimum Gasteiger partial charge on any atom is -0.457 e. The van der Waals surface area contributed by atoms with E-state index in [-0.39, 0.29) is 0 Å². The van der Waals surface area contributed by atoms with Gasteiger partial charge >= 0.3 is 0 Å². The minimum atomic E-state index is -0.472. The van der Waals surface area contributed by atoms with Crippen molar-refractivity contribution in [2.45, 2.75) is 5.41 Å². The zero-order valence-corrected chi connectivity index (χ0v) is 18.3. The van der Waals surface area contributed by atoms with Crippen LogP contribution in [0.25, 0.3) is 22.3 Å². The maximum atomic E-state index is 9.43. The number of hydrogen-bond donors (Lipinski definition) is 0. The second kappa shape index (κ2) is 6.94. The van der Waals surface area contributed by atoms with E-state index in [1.165, 1.54) is 22.3 Å². The van der Waals surface area contributed by atoms with Crippen molar-refractivity contribution in [3.63, 3.8) is 0 Å². The van der Waals surface area contributed by atoms with Crippen LogP contribution in [0.5, 0.6) is 11.5 Å². The van der Waals surface area contributed by atoms with Gasteiger partial charge in [-0.05, 0) is 63.7 Å². The van der Waals surface area contributed by atoms with Crippen molar-refractivity contribution in [1.82, 2.24) is 0 Å². The molecule has 2 aliphatic rings. The molecule has 158 valence electrons. The van der Waals surface area contributed by atoms with Gasteiger partial charge in [0.05, 0.1) is 17.0 Å². The predicted molar refractivity (Wildman–Crippen MR) is 134 cm³/mol. The molecule has 0 bridgehead atoms. The summed E-state index contributed by atoms with van der Waals surface area (Å²) >= 11 is 0. The fraction of sp³-hybridized carbons (Fsp3) is 0.0312. The summed E-state index contributed by atoms with van der Waals surface area (Å²) in [4.78, 5) is 0. The fourth-order valence-corrected chi connectivity index (χ4v) is 5.80. The van der Waals surface area contributed by atoms with Crippen molar-refractivity contribution in [2.24, 2.45) is 0 Å². The second-order valence-electron chi connectivity index (χ2n) is 8.84. The summed E-state index contributed by atoms with van der Waals surface area (Å²) in [5.74, 6) is 1.76. The van der Waals surface area contributed by atoms with E-state index < -0.39 is 5.41 Å². The third-order valence-corrected chi connectivity index (χ3v) is 7.17. The Morgan fingerprint density at radius 1 is 0.529 bits per heavy atom. The SMILES string of the molecule is N#Cc1cccc(-c2ccc3c(c2)C2(c4ccccc4O3)c3ccccc3-c3ccccc32)c1. The monoisotopic (exact) mass is 433 g/mol.